The quantitative estimate of drug-likeness (QED) is 0.807. The zero-order chi connectivity index (χ0) is 20.3. The second-order valence-electron chi connectivity index (χ2n) is 7.02. The van der Waals surface area contributed by atoms with Crippen molar-refractivity contribution in [2.24, 2.45) is 0 Å². The van der Waals surface area contributed by atoms with Crippen LogP contribution in [0.2, 0.25) is 0 Å². The number of ether oxygens (including phenoxy) is 1. The molecule has 3 rings (SSSR count). The molecule has 0 bridgehead atoms. The predicted octanol–water partition coefficient (Wildman–Crippen LogP) is 3.95. The van der Waals surface area contributed by atoms with Gasteiger partial charge in [-0.1, -0.05) is 18.2 Å². The first kappa shape index (κ1) is 20.8. The number of alkyl halides is 3. The highest BCUT2D eigenvalue weighted by Crippen LogP contribution is 2.29. The van der Waals surface area contributed by atoms with Gasteiger partial charge in [0.15, 0.2) is 5.13 Å². The summed E-state index contributed by atoms with van der Waals surface area (Å²) in [7, 11) is 0. The van der Waals surface area contributed by atoms with E-state index in [1.165, 1.54) is 23.5 Å². The summed E-state index contributed by atoms with van der Waals surface area (Å²) in [6.45, 7) is 6.36. The normalized spacial score (nSPS) is 20.9. The molecule has 1 fully saturated rings. The summed E-state index contributed by atoms with van der Waals surface area (Å²) in [5.41, 5.74) is 0.393. The number of anilines is 1. The molecule has 0 spiro atoms. The third-order valence-electron chi connectivity index (χ3n) is 4.30. The van der Waals surface area contributed by atoms with Gasteiger partial charge in [0.1, 0.15) is 0 Å². The largest absolute Gasteiger partial charge is 0.416 e. The van der Waals surface area contributed by atoms with E-state index in [-0.39, 0.29) is 18.6 Å². The van der Waals surface area contributed by atoms with Crippen LogP contribution >= 0.6 is 11.3 Å². The first-order valence-corrected chi connectivity index (χ1v) is 9.85. The van der Waals surface area contributed by atoms with Crippen LogP contribution in [0, 0.1) is 0 Å². The van der Waals surface area contributed by atoms with Gasteiger partial charge in [0.25, 0.3) is 0 Å². The van der Waals surface area contributed by atoms with E-state index >= 15 is 0 Å². The van der Waals surface area contributed by atoms with E-state index in [0.717, 1.165) is 30.9 Å². The van der Waals surface area contributed by atoms with Gasteiger partial charge in [-0.25, -0.2) is 4.98 Å². The molecule has 28 heavy (non-hydrogen) atoms. The predicted molar refractivity (Wildman–Crippen MR) is 101 cm³/mol. The van der Waals surface area contributed by atoms with Crippen LogP contribution in [-0.4, -0.2) is 41.1 Å². The van der Waals surface area contributed by atoms with Gasteiger partial charge < -0.3 is 10.1 Å². The molecule has 2 aromatic rings. The van der Waals surface area contributed by atoms with Crippen molar-refractivity contribution in [3.8, 4) is 0 Å². The summed E-state index contributed by atoms with van der Waals surface area (Å²) < 4.78 is 44.0. The summed E-state index contributed by atoms with van der Waals surface area (Å²) in [5.74, 6) is -0.395. The van der Waals surface area contributed by atoms with Crippen LogP contribution in [0.4, 0.5) is 18.3 Å². The Hall–Kier alpha value is -1.97. The van der Waals surface area contributed by atoms with Gasteiger partial charge in [-0.2, -0.15) is 13.2 Å². The number of nitrogens with zero attached hydrogens (tertiary/aromatic N) is 2. The monoisotopic (exact) mass is 413 g/mol. The fourth-order valence-corrected chi connectivity index (χ4v) is 4.00. The van der Waals surface area contributed by atoms with Gasteiger partial charge >= 0.3 is 6.18 Å². The lowest BCUT2D eigenvalue weighted by Gasteiger charge is -2.34. The summed E-state index contributed by atoms with van der Waals surface area (Å²) in [5, 5.41) is 4.99. The summed E-state index contributed by atoms with van der Waals surface area (Å²) in [6, 6.07) is 4.79. The van der Waals surface area contributed by atoms with E-state index in [1.807, 2.05) is 19.2 Å². The van der Waals surface area contributed by atoms with Crippen LogP contribution in [0.3, 0.4) is 0 Å². The Morgan fingerprint density at radius 2 is 2.04 bits per heavy atom. The minimum Gasteiger partial charge on any atom is -0.373 e. The number of rotatable bonds is 5. The number of carbonyl (C=O) groups excluding carboxylic acids is 1. The van der Waals surface area contributed by atoms with Crippen LogP contribution in [-0.2, 0) is 28.7 Å². The average Bonchev–Trinajstić information content (AvgIpc) is 3.00. The lowest BCUT2D eigenvalue weighted by Crippen LogP contribution is -2.44. The molecule has 9 heteroatoms. The Morgan fingerprint density at radius 3 is 2.71 bits per heavy atom. The van der Waals surface area contributed by atoms with Crippen LogP contribution in [0.5, 0.6) is 0 Å². The number of carbonyl (C=O) groups is 1. The van der Waals surface area contributed by atoms with Crippen molar-refractivity contribution in [2.75, 3.05) is 18.4 Å². The van der Waals surface area contributed by atoms with Crippen molar-refractivity contribution in [2.45, 2.75) is 45.2 Å². The van der Waals surface area contributed by atoms with Crippen molar-refractivity contribution in [3.05, 3.63) is 46.5 Å². The average molecular weight is 413 g/mol. The van der Waals surface area contributed by atoms with Gasteiger partial charge in [-0.15, -0.1) is 11.3 Å². The minimum atomic E-state index is -4.43. The molecule has 1 N–H and O–H groups in total. The van der Waals surface area contributed by atoms with E-state index in [9.17, 15) is 18.0 Å². The number of hydrogen-bond donors (Lipinski definition) is 1. The molecule has 0 radical (unpaired) electrons. The van der Waals surface area contributed by atoms with Gasteiger partial charge in [0.05, 0.1) is 29.9 Å². The molecule has 1 saturated heterocycles. The maximum Gasteiger partial charge on any atom is 0.416 e. The highest BCUT2D eigenvalue weighted by Gasteiger charge is 2.30. The lowest BCUT2D eigenvalue weighted by molar-refractivity contribution is -0.137. The molecular formula is C19H22F3N3O2S. The maximum absolute atomic E-state index is 12.8. The van der Waals surface area contributed by atoms with Crippen molar-refractivity contribution in [3.63, 3.8) is 0 Å². The van der Waals surface area contributed by atoms with E-state index in [0.29, 0.717) is 17.2 Å². The number of aromatic nitrogens is 1. The highest BCUT2D eigenvalue weighted by atomic mass is 32.1. The van der Waals surface area contributed by atoms with E-state index in [4.69, 9.17) is 4.74 Å². The third kappa shape index (κ3) is 5.76. The smallest absolute Gasteiger partial charge is 0.373 e. The highest BCUT2D eigenvalue weighted by molar-refractivity contribution is 7.13. The van der Waals surface area contributed by atoms with Gasteiger partial charge in [-0.3, -0.25) is 9.69 Å². The number of halogens is 3. The van der Waals surface area contributed by atoms with Gasteiger partial charge in [-0.05, 0) is 25.5 Å². The first-order chi connectivity index (χ1) is 13.2. The number of benzene rings is 1. The molecule has 0 aliphatic carbocycles. The SMILES string of the molecule is C[C@@H]1CN(Cc2csc(NC(=O)Cc3cccc(C(F)(F)F)c3)n2)C[C@H](C)O1. The molecule has 152 valence electrons. The topological polar surface area (TPSA) is 54.5 Å². The van der Waals surface area contributed by atoms with Gasteiger partial charge in [0.2, 0.25) is 5.91 Å². The van der Waals surface area contributed by atoms with E-state index in [2.05, 4.69) is 15.2 Å². The fourth-order valence-electron chi connectivity index (χ4n) is 3.29. The molecule has 0 unspecified atom stereocenters. The molecule has 1 aromatic heterocycles. The Labute approximate surface area is 165 Å². The Bertz CT molecular complexity index is 815. The number of thiazole rings is 1. The zero-order valence-electron chi connectivity index (χ0n) is 15.6. The van der Waals surface area contributed by atoms with Crippen molar-refractivity contribution < 1.29 is 22.7 Å². The molecule has 2 heterocycles. The van der Waals surface area contributed by atoms with Crippen LogP contribution < -0.4 is 5.32 Å². The lowest BCUT2D eigenvalue weighted by atomic mass is 10.1. The number of morpholine rings is 1. The second-order valence-corrected chi connectivity index (χ2v) is 7.88. The molecular weight excluding hydrogens is 391 g/mol. The molecule has 1 aliphatic heterocycles. The van der Waals surface area contributed by atoms with Crippen LogP contribution in [0.15, 0.2) is 29.6 Å². The minimum absolute atomic E-state index is 0.142. The first-order valence-electron chi connectivity index (χ1n) is 8.97. The van der Waals surface area contributed by atoms with Crippen LogP contribution in [0.25, 0.3) is 0 Å². The molecule has 2 atom stereocenters. The molecule has 1 aliphatic rings. The van der Waals surface area contributed by atoms with Crippen molar-refractivity contribution >= 4 is 22.4 Å². The molecule has 1 aromatic carbocycles. The molecule has 0 saturated carbocycles. The van der Waals surface area contributed by atoms with E-state index in [1.54, 1.807) is 0 Å². The van der Waals surface area contributed by atoms with E-state index < -0.39 is 17.6 Å². The number of amides is 1. The molecule has 5 nitrogen and oxygen atoms in total. The summed E-state index contributed by atoms with van der Waals surface area (Å²) in [4.78, 5) is 18.8. The third-order valence-corrected chi connectivity index (χ3v) is 5.10. The summed E-state index contributed by atoms with van der Waals surface area (Å²) >= 11 is 1.31. The maximum atomic E-state index is 12.8. The van der Waals surface area contributed by atoms with Crippen molar-refractivity contribution in [1.29, 1.82) is 0 Å². The number of nitrogens with one attached hydrogen (secondary N) is 1. The van der Waals surface area contributed by atoms with Crippen LogP contribution in [0.1, 0.15) is 30.7 Å². The molecule has 1 amide bonds. The zero-order valence-corrected chi connectivity index (χ0v) is 16.4. The Kier molecular flexibility index (Phi) is 6.36. The second kappa shape index (κ2) is 8.59. The Morgan fingerprint density at radius 1 is 1.32 bits per heavy atom. The number of hydrogen-bond acceptors (Lipinski definition) is 5. The summed E-state index contributed by atoms with van der Waals surface area (Å²) in [6.07, 6.45) is -4.24. The standard InChI is InChI=1S/C19H22F3N3O2S/c1-12-8-25(9-13(2)27-12)10-16-11-28-18(23-16)24-17(26)7-14-4-3-5-15(6-14)19(20,21)22/h3-6,11-13H,7-10H2,1-2H3,(H,23,24,26)/t12-,13+. The Balaban J connectivity index is 1.55. The van der Waals surface area contributed by atoms with Crippen molar-refractivity contribution in [1.82, 2.24) is 9.88 Å². The van der Waals surface area contributed by atoms with Gasteiger partial charge in [0, 0.05) is 25.0 Å². The fraction of sp³-hybridized carbons (Fsp3) is 0.474.